The molecule has 0 saturated carbocycles. The van der Waals surface area contributed by atoms with Crippen molar-refractivity contribution in [3.63, 3.8) is 0 Å². The number of hydrogen-bond acceptors (Lipinski definition) is 4. The van der Waals surface area contributed by atoms with Crippen LogP contribution in [0.5, 0.6) is 0 Å². The molecule has 0 aliphatic carbocycles. The van der Waals surface area contributed by atoms with Crippen LogP contribution in [0.15, 0.2) is 35.4 Å². The van der Waals surface area contributed by atoms with Crippen LogP contribution in [0.2, 0.25) is 0 Å². The lowest BCUT2D eigenvalue weighted by Crippen LogP contribution is -2.25. The van der Waals surface area contributed by atoms with Gasteiger partial charge in [0.15, 0.2) is 0 Å². The molecule has 2 aromatic rings. The number of nitrogens with one attached hydrogen (secondary N) is 1. The SMILES string of the molecule is Cc1ccc(N2CC(O)=C(c3nc(C)cs3)C2=N)cc1. The van der Waals surface area contributed by atoms with Gasteiger partial charge >= 0.3 is 0 Å². The third-order valence-corrected chi connectivity index (χ3v) is 4.26. The topological polar surface area (TPSA) is 60.2 Å². The number of rotatable bonds is 2. The van der Waals surface area contributed by atoms with Gasteiger partial charge in [-0.25, -0.2) is 4.98 Å². The van der Waals surface area contributed by atoms with Crippen LogP contribution in [0.1, 0.15) is 16.3 Å². The summed E-state index contributed by atoms with van der Waals surface area (Å²) in [5.41, 5.74) is 3.54. The van der Waals surface area contributed by atoms with E-state index in [9.17, 15) is 5.11 Å². The fraction of sp³-hybridized carbons (Fsp3) is 0.200. The number of benzene rings is 1. The van der Waals surface area contributed by atoms with Gasteiger partial charge in [0.25, 0.3) is 0 Å². The zero-order chi connectivity index (χ0) is 14.3. The Morgan fingerprint density at radius 2 is 1.95 bits per heavy atom. The summed E-state index contributed by atoms with van der Waals surface area (Å²) >= 11 is 1.46. The standard InChI is InChI=1S/C15H15N3OS/c1-9-3-5-11(6-4-9)18-7-12(19)13(14(18)16)15-17-10(2)8-20-15/h3-6,8,16,19H,7H2,1-2H3. The molecule has 0 radical (unpaired) electrons. The minimum atomic E-state index is 0.213. The zero-order valence-electron chi connectivity index (χ0n) is 11.3. The van der Waals surface area contributed by atoms with Crippen molar-refractivity contribution in [3.8, 4) is 0 Å². The fourth-order valence-corrected chi connectivity index (χ4v) is 3.08. The van der Waals surface area contributed by atoms with Crippen LogP contribution in [0, 0.1) is 19.3 Å². The van der Waals surface area contributed by atoms with E-state index in [1.807, 2.05) is 43.5 Å². The highest BCUT2D eigenvalue weighted by Gasteiger charge is 2.30. The van der Waals surface area contributed by atoms with Crippen molar-refractivity contribution in [2.75, 3.05) is 11.4 Å². The van der Waals surface area contributed by atoms with Gasteiger partial charge in [-0.2, -0.15) is 0 Å². The zero-order valence-corrected chi connectivity index (χ0v) is 12.2. The van der Waals surface area contributed by atoms with Gasteiger partial charge in [0, 0.05) is 16.8 Å². The van der Waals surface area contributed by atoms with Gasteiger partial charge in [0.1, 0.15) is 16.6 Å². The quantitative estimate of drug-likeness (QED) is 0.887. The monoisotopic (exact) mass is 285 g/mol. The normalized spacial score (nSPS) is 15.3. The van der Waals surface area contributed by atoms with Crippen LogP contribution in [-0.2, 0) is 0 Å². The van der Waals surface area contributed by atoms with E-state index >= 15 is 0 Å². The first-order chi connectivity index (χ1) is 9.56. The summed E-state index contributed by atoms with van der Waals surface area (Å²) in [6, 6.07) is 7.94. The van der Waals surface area contributed by atoms with Gasteiger partial charge in [-0.15, -0.1) is 11.3 Å². The molecule has 2 N–H and O–H groups in total. The number of amidine groups is 1. The summed E-state index contributed by atoms with van der Waals surface area (Å²) < 4.78 is 0. The van der Waals surface area contributed by atoms with E-state index in [2.05, 4.69) is 4.98 Å². The molecule has 0 fully saturated rings. The molecule has 1 aromatic carbocycles. The summed E-state index contributed by atoms with van der Waals surface area (Å²) in [5.74, 6) is 0.519. The molecule has 2 heterocycles. The van der Waals surface area contributed by atoms with Crippen LogP contribution in [0.4, 0.5) is 5.69 Å². The first-order valence-corrected chi connectivity index (χ1v) is 7.22. The summed E-state index contributed by atoms with van der Waals surface area (Å²) in [7, 11) is 0. The second kappa shape index (κ2) is 4.76. The maximum Gasteiger partial charge on any atom is 0.139 e. The van der Waals surface area contributed by atoms with Crippen molar-refractivity contribution < 1.29 is 5.11 Å². The minimum Gasteiger partial charge on any atom is -0.510 e. The number of hydrogen-bond donors (Lipinski definition) is 2. The molecule has 20 heavy (non-hydrogen) atoms. The summed E-state index contributed by atoms with van der Waals surface area (Å²) in [5, 5.41) is 21.1. The van der Waals surface area contributed by atoms with E-state index in [-0.39, 0.29) is 5.76 Å². The highest BCUT2D eigenvalue weighted by molar-refractivity contribution is 7.11. The van der Waals surface area contributed by atoms with E-state index in [0.717, 1.165) is 11.4 Å². The Hall–Kier alpha value is -2.14. The third kappa shape index (κ3) is 2.10. The summed E-state index contributed by atoms with van der Waals surface area (Å²) in [6.45, 7) is 4.27. The van der Waals surface area contributed by atoms with Gasteiger partial charge in [-0.1, -0.05) is 17.7 Å². The Morgan fingerprint density at radius 1 is 1.25 bits per heavy atom. The lowest BCUT2D eigenvalue weighted by molar-refractivity contribution is 0.411. The van der Waals surface area contributed by atoms with Crippen molar-refractivity contribution in [2.24, 2.45) is 0 Å². The molecule has 0 unspecified atom stereocenters. The lowest BCUT2D eigenvalue weighted by atomic mass is 10.2. The lowest BCUT2D eigenvalue weighted by Gasteiger charge is -2.18. The van der Waals surface area contributed by atoms with Crippen LogP contribution in [0.25, 0.3) is 5.57 Å². The number of nitrogens with zero attached hydrogens (tertiary/aromatic N) is 2. The maximum absolute atomic E-state index is 10.2. The number of aryl methyl sites for hydroxylation is 2. The second-order valence-electron chi connectivity index (χ2n) is 4.89. The van der Waals surface area contributed by atoms with Gasteiger partial charge in [-0.3, -0.25) is 5.41 Å². The fourth-order valence-electron chi connectivity index (χ4n) is 2.22. The molecule has 0 atom stereocenters. The number of thiazole rings is 1. The third-order valence-electron chi connectivity index (χ3n) is 3.28. The van der Waals surface area contributed by atoms with Gasteiger partial charge in [0.2, 0.25) is 0 Å². The van der Waals surface area contributed by atoms with Crippen LogP contribution in [0.3, 0.4) is 0 Å². The van der Waals surface area contributed by atoms with E-state index in [1.165, 1.54) is 16.9 Å². The highest BCUT2D eigenvalue weighted by atomic mass is 32.1. The molecule has 0 spiro atoms. The number of aliphatic hydroxyl groups is 1. The molecule has 0 bridgehead atoms. The van der Waals surface area contributed by atoms with E-state index in [0.29, 0.717) is 23.0 Å². The van der Waals surface area contributed by atoms with Crippen molar-refractivity contribution >= 4 is 28.4 Å². The Kier molecular flexibility index (Phi) is 3.06. The average molecular weight is 285 g/mol. The summed E-state index contributed by atoms with van der Waals surface area (Å²) in [4.78, 5) is 6.16. The van der Waals surface area contributed by atoms with Gasteiger partial charge < -0.3 is 10.0 Å². The summed E-state index contributed by atoms with van der Waals surface area (Å²) in [6.07, 6.45) is 0. The number of aromatic nitrogens is 1. The Bertz CT molecular complexity index is 700. The molecule has 1 aliphatic rings. The second-order valence-corrected chi connectivity index (χ2v) is 5.74. The Morgan fingerprint density at radius 3 is 2.55 bits per heavy atom. The molecule has 102 valence electrons. The maximum atomic E-state index is 10.2. The first kappa shape index (κ1) is 12.9. The van der Waals surface area contributed by atoms with E-state index in [1.54, 1.807) is 4.90 Å². The highest BCUT2D eigenvalue weighted by Crippen LogP contribution is 2.32. The first-order valence-electron chi connectivity index (χ1n) is 6.34. The van der Waals surface area contributed by atoms with Crippen LogP contribution >= 0.6 is 11.3 Å². The average Bonchev–Trinajstić information content (AvgIpc) is 2.95. The molecular weight excluding hydrogens is 270 g/mol. The van der Waals surface area contributed by atoms with E-state index in [4.69, 9.17) is 5.41 Å². The predicted molar refractivity (Wildman–Crippen MR) is 82.7 cm³/mol. The molecule has 1 aliphatic heterocycles. The molecule has 3 rings (SSSR count). The largest absolute Gasteiger partial charge is 0.510 e. The van der Waals surface area contributed by atoms with Crippen molar-refractivity contribution in [3.05, 3.63) is 51.7 Å². The minimum absolute atomic E-state index is 0.213. The van der Waals surface area contributed by atoms with Crippen molar-refractivity contribution in [1.29, 1.82) is 5.41 Å². The molecule has 0 amide bonds. The van der Waals surface area contributed by atoms with Crippen LogP contribution < -0.4 is 4.90 Å². The van der Waals surface area contributed by atoms with E-state index < -0.39 is 0 Å². The molecule has 5 heteroatoms. The van der Waals surface area contributed by atoms with Gasteiger partial charge in [0.05, 0.1) is 12.1 Å². The smallest absolute Gasteiger partial charge is 0.139 e. The molecule has 4 nitrogen and oxygen atoms in total. The molecule has 1 aromatic heterocycles. The van der Waals surface area contributed by atoms with Crippen molar-refractivity contribution in [2.45, 2.75) is 13.8 Å². The van der Waals surface area contributed by atoms with Gasteiger partial charge in [-0.05, 0) is 26.0 Å². The van der Waals surface area contributed by atoms with Crippen LogP contribution in [-0.4, -0.2) is 22.5 Å². The Balaban J connectivity index is 1.94. The molecular formula is C15H15N3OS. The Labute approximate surface area is 121 Å². The predicted octanol–water partition coefficient (Wildman–Crippen LogP) is 3.53. The number of aliphatic hydroxyl groups excluding tert-OH is 1. The molecule has 0 saturated heterocycles. The van der Waals surface area contributed by atoms with Crippen molar-refractivity contribution in [1.82, 2.24) is 4.98 Å². The number of anilines is 1.